The molecule has 2 fully saturated rings. The van der Waals surface area contributed by atoms with E-state index in [1.807, 2.05) is 25.2 Å². The zero-order valence-corrected chi connectivity index (χ0v) is 19.9. The number of ketones is 1. The summed E-state index contributed by atoms with van der Waals surface area (Å²) in [6.07, 6.45) is 4.20. The molecule has 1 atom stereocenters. The fourth-order valence-electron chi connectivity index (χ4n) is 5.45. The van der Waals surface area contributed by atoms with Gasteiger partial charge in [0.1, 0.15) is 5.78 Å². The molecular formula is C26H40N4O. The standard InChI is InChI=1S/C26H40N4O/c1-20(2)30(22(4)27-6)25-12-16-28(17-13-25)23(5)29-18-14-26(15-19-29,21(3)31)24-10-8-7-9-11-24/h7-11,22,25,27H,1,5,12-19H2,2-4,6H3. The minimum absolute atomic E-state index is 0.281. The van der Waals surface area contributed by atoms with E-state index >= 15 is 0 Å². The van der Waals surface area contributed by atoms with E-state index in [9.17, 15) is 4.79 Å². The average molecular weight is 425 g/mol. The number of piperidine rings is 2. The van der Waals surface area contributed by atoms with Gasteiger partial charge in [0, 0.05) is 37.9 Å². The summed E-state index contributed by atoms with van der Waals surface area (Å²) in [4.78, 5) is 19.9. The Morgan fingerprint density at radius 3 is 2.10 bits per heavy atom. The van der Waals surface area contributed by atoms with Crippen molar-refractivity contribution in [3.8, 4) is 0 Å². The molecule has 2 aliphatic rings. The van der Waals surface area contributed by atoms with Crippen molar-refractivity contribution < 1.29 is 4.79 Å². The topological polar surface area (TPSA) is 38.8 Å². The maximum atomic E-state index is 12.7. The molecule has 1 aromatic carbocycles. The van der Waals surface area contributed by atoms with Gasteiger partial charge >= 0.3 is 0 Å². The van der Waals surface area contributed by atoms with Crippen molar-refractivity contribution in [3.63, 3.8) is 0 Å². The Morgan fingerprint density at radius 1 is 1.06 bits per heavy atom. The third-order valence-corrected chi connectivity index (χ3v) is 7.48. The fraction of sp³-hybridized carbons (Fsp3) is 0.577. The van der Waals surface area contributed by atoms with Crippen molar-refractivity contribution >= 4 is 5.78 Å². The average Bonchev–Trinajstić information content (AvgIpc) is 2.79. The third-order valence-electron chi connectivity index (χ3n) is 7.48. The first-order chi connectivity index (χ1) is 14.8. The van der Waals surface area contributed by atoms with E-state index in [0.29, 0.717) is 6.04 Å². The summed E-state index contributed by atoms with van der Waals surface area (Å²) in [7, 11) is 2.00. The fourth-order valence-corrected chi connectivity index (χ4v) is 5.45. The van der Waals surface area contributed by atoms with Crippen molar-refractivity contribution in [2.45, 2.75) is 64.1 Å². The molecule has 1 unspecified atom stereocenters. The van der Waals surface area contributed by atoms with Gasteiger partial charge in [-0.2, -0.15) is 0 Å². The molecule has 5 heteroatoms. The lowest BCUT2D eigenvalue weighted by atomic mass is 9.70. The molecular weight excluding hydrogens is 384 g/mol. The maximum Gasteiger partial charge on any atom is 0.140 e. The Balaban J connectivity index is 1.59. The van der Waals surface area contributed by atoms with Gasteiger partial charge in [-0.25, -0.2) is 0 Å². The zero-order valence-electron chi connectivity index (χ0n) is 19.9. The molecule has 0 aliphatic carbocycles. The number of likely N-dealkylation sites (tertiary alicyclic amines) is 2. The Kier molecular flexibility index (Phi) is 7.47. The van der Waals surface area contributed by atoms with Crippen molar-refractivity contribution in [1.29, 1.82) is 0 Å². The van der Waals surface area contributed by atoms with Gasteiger partial charge in [-0.3, -0.25) is 4.79 Å². The summed E-state index contributed by atoms with van der Waals surface area (Å²) < 4.78 is 0. The molecule has 0 spiro atoms. The SMILES string of the molecule is C=C(N1CCC(N(C(=C)C)C(C)NC)CC1)N1CCC(C(C)=O)(c2ccccc2)CC1. The molecule has 0 bridgehead atoms. The highest BCUT2D eigenvalue weighted by Gasteiger charge is 2.41. The molecule has 5 nitrogen and oxygen atoms in total. The number of rotatable bonds is 8. The summed E-state index contributed by atoms with van der Waals surface area (Å²) >= 11 is 0. The summed E-state index contributed by atoms with van der Waals surface area (Å²) in [5.74, 6) is 1.40. The minimum atomic E-state index is -0.351. The van der Waals surface area contributed by atoms with Crippen molar-refractivity contribution in [2.75, 3.05) is 33.2 Å². The number of nitrogens with one attached hydrogen (secondary N) is 1. The van der Waals surface area contributed by atoms with Crippen LogP contribution in [-0.4, -0.2) is 65.9 Å². The molecule has 0 radical (unpaired) electrons. The van der Waals surface area contributed by atoms with Crippen LogP contribution >= 0.6 is 0 Å². The lowest BCUT2D eigenvalue weighted by Crippen LogP contribution is -2.53. The molecule has 0 aromatic heterocycles. The molecule has 1 N–H and O–H groups in total. The second-order valence-corrected chi connectivity index (χ2v) is 9.23. The number of allylic oxidation sites excluding steroid dienone is 1. The maximum absolute atomic E-state index is 12.7. The minimum Gasteiger partial charge on any atom is -0.359 e. The van der Waals surface area contributed by atoms with Crippen LogP contribution in [-0.2, 0) is 10.2 Å². The number of benzene rings is 1. The molecule has 0 saturated carbocycles. The van der Waals surface area contributed by atoms with Crippen LogP contribution in [0.25, 0.3) is 0 Å². The lowest BCUT2D eigenvalue weighted by Gasteiger charge is -2.47. The van der Waals surface area contributed by atoms with Gasteiger partial charge in [0.2, 0.25) is 0 Å². The van der Waals surface area contributed by atoms with E-state index in [1.54, 1.807) is 6.92 Å². The Labute approximate surface area is 188 Å². The van der Waals surface area contributed by atoms with Crippen LogP contribution in [0.5, 0.6) is 0 Å². The van der Waals surface area contributed by atoms with Gasteiger partial charge in [0.15, 0.2) is 0 Å². The zero-order chi connectivity index (χ0) is 22.6. The monoisotopic (exact) mass is 424 g/mol. The highest BCUT2D eigenvalue weighted by Crippen LogP contribution is 2.38. The van der Waals surface area contributed by atoms with E-state index in [-0.39, 0.29) is 17.4 Å². The molecule has 2 saturated heterocycles. The predicted molar refractivity (Wildman–Crippen MR) is 129 cm³/mol. The summed E-state index contributed by atoms with van der Waals surface area (Å²) in [6.45, 7) is 18.5. The van der Waals surface area contributed by atoms with Crippen molar-refractivity contribution in [3.05, 3.63) is 60.6 Å². The highest BCUT2D eigenvalue weighted by atomic mass is 16.1. The number of carbonyl (C=O) groups is 1. The van der Waals surface area contributed by atoms with Crippen molar-refractivity contribution in [2.24, 2.45) is 0 Å². The van der Waals surface area contributed by atoms with Crippen molar-refractivity contribution in [1.82, 2.24) is 20.0 Å². The van der Waals surface area contributed by atoms with Gasteiger partial charge < -0.3 is 20.0 Å². The molecule has 0 amide bonds. The van der Waals surface area contributed by atoms with E-state index < -0.39 is 0 Å². The van der Waals surface area contributed by atoms with Crippen LogP contribution in [0, 0.1) is 0 Å². The molecule has 2 aliphatic heterocycles. The highest BCUT2D eigenvalue weighted by molar-refractivity contribution is 5.88. The largest absolute Gasteiger partial charge is 0.359 e. The normalized spacial score (nSPS) is 20.3. The van der Waals surface area contributed by atoms with E-state index in [1.165, 1.54) is 0 Å². The number of hydrogen-bond donors (Lipinski definition) is 1. The van der Waals surface area contributed by atoms with E-state index in [0.717, 1.165) is 68.9 Å². The first-order valence-corrected chi connectivity index (χ1v) is 11.7. The summed E-state index contributed by atoms with van der Waals surface area (Å²) in [5.41, 5.74) is 1.93. The van der Waals surface area contributed by atoms with E-state index in [2.05, 4.69) is 59.2 Å². The molecule has 2 heterocycles. The predicted octanol–water partition coefficient (Wildman–Crippen LogP) is 3.95. The van der Waals surface area contributed by atoms with E-state index in [4.69, 9.17) is 0 Å². The molecule has 1 aromatic rings. The number of Topliss-reactive ketones (excluding diaryl/α,β-unsaturated/α-hetero) is 1. The second-order valence-electron chi connectivity index (χ2n) is 9.23. The van der Waals surface area contributed by atoms with Crippen LogP contribution < -0.4 is 5.32 Å². The smallest absolute Gasteiger partial charge is 0.140 e. The molecule has 3 rings (SSSR count). The van der Waals surface area contributed by atoms with Gasteiger partial charge in [-0.05, 0) is 59.1 Å². The van der Waals surface area contributed by atoms with Gasteiger partial charge in [-0.15, -0.1) is 0 Å². The van der Waals surface area contributed by atoms with Crippen LogP contribution in [0.15, 0.2) is 55.0 Å². The number of nitrogens with zero attached hydrogens (tertiary/aromatic N) is 3. The molecule has 31 heavy (non-hydrogen) atoms. The van der Waals surface area contributed by atoms with Gasteiger partial charge in [0.25, 0.3) is 0 Å². The lowest BCUT2D eigenvalue weighted by molar-refractivity contribution is -0.124. The Hall–Kier alpha value is -2.27. The first-order valence-electron chi connectivity index (χ1n) is 11.7. The van der Waals surface area contributed by atoms with Crippen LogP contribution in [0.4, 0.5) is 0 Å². The first kappa shape index (κ1) is 23.4. The van der Waals surface area contributed by atoms with Crippen LogP contribution in [0.2, 0.25) is 0 Å². The quantitative estimate of drug-likeness (QED) is 0.640. The Morgan fingerprint density at radius 2 is 1.61 bits per heavy atom. The van der Waals surface area contributed by atoms with Crippen LogP contribution in [0.3, 0.4) is 0 Å². The summed E-state index contributed by atoms with van der Waals surface area (Å²) in [5, 5.41) is 3.36. The third kappa shape index (κ3) is 4.82. The van der Waals surface area contributed by atoms with Gasteiger partial charge in [-0.1, -0.05) is 43.5 Å². The second kappa shape index (κ2) is 9.90. The molecule has 170 valence electrons. The number of carbonyl (C=O) groups excluding carboxylic acids is 1. The Bertz CT molecular complexity index is 774. The van der Waals surface area contributed by atoms with Crippen LogP contribution in [0.1, 0.15) is 52.0 Å². The van der Waals surface area contributed by atoms with Gasteiger partial charge in [0.05, 0.1) is 17.4 Å². The summed E-state index contributed by atoms with van der Waals surface area (Å²) in [6, 6.07) is 10.8. The number of hydrogen-bond acceptors (Lipinski definition) is 5.